The summed E-state index contributed by atoms with van der Waals surface area (Å²) in [6.45, 7) is 3.99. The van der Waals surface area contributed by atoms with Gasteiger partial charge in [0.25, 0.3) is 5.56 Å². The molecule has 0 radical (unpaired) electrons. The third-order valence-corrected chi connectivity index (χ3v) is 2.56. The minimum Gasteiger partial charge on any atom is -0.488 e. The lowest BCUT2D eigenvalue weighted by Gasteiger charge is -2.05. The number of pyridine rings is 1. The summed E-state index contributed by atoms with van der Waals surface area (Å²) in [5.41, 5.74) is -0.0113. The predicted octanol–water partition coefficient (Wildman–Crippen LogP) is 1.53. The van der Waals surface area contributed by atoms with Crippen LogP contribution in [-0.4, -0.2) is 21.0 Å². The summed E-state index contributed by atoms with van der Waals surface area (Å²) in [4.78, 5) is 11.4. The number of ether oxygens (including phenoxy) is 1. The highest BCUT2D eigenvalue weighted by Gasteiger charge is 1.99. The molecule has 0 aliphatic carbocycles. The highest BCUT2D eigenvalue weighted by molar-refractivity contribution is 5.11. The van der Waals surface area contributed by atoms with E-state index in [9.17, 15) is 4.79 Å². The topological polar surface area (TPSA) is 49.0 Å². The summed E-state index contributed by atoms with van der Waals surface area (Å²) in [5.74, 6) is 0.743. The second-order valence-corrected chi connectivity index (χ2v) is 4.02. The van der Waals surface area contributed by atoms with Crippen molar-refractivity contribution < 1.29 is 4.74 Å². The lowest BCUT2D eigenvalue weighted by Crippen LogP contribution is -2.21. The first-order chi connectivity index (χ1) is 8.79. The van der Waals surface area contributed by atoms with Gasteiger partial charge < -0.3 is 9.30 Å². The Morgan fingerprint density at radius 3 is 3.00 bits per heavy atom. The van der Waals surface area contributed by atoms with Crippen molar-refractivity contribution in [1.29, 1.82) is 0 Å². The van der Waals surface area contributed by atoms with Gasteiger partial charge in [0, 0.05) is 18.8 Å². The maximum Gasteiger partial charge on any atom is 0.250 e. The molecule has 2 aromatic heterocycles. The minimum atomic E-state index is -0.0113. The van der Waals surface area contributed by atoms with Gasteiger partial charge in [0.1, 0.15) is 6.61 Å². The average molecular weight is 247 g/mol. The van der Waals surface area contributed by atoms with Gasteiger partial charge in [0.15, 0.2) is 5.75 Å². The maximum absolute atomic E-state index is 11.4. The molecule has 0 aromatic carbocycles. The second kappa shape index (κ2) is 6.05. The molecule has 0 aliphatic heterocycles. The molecular formula is C13H17N3O2. The fraction of sp³-hybridized carbons (Fsp3) is 0.385. The second-order valence-electron chi connectivity index (χ2n) is 4.02. The van der Waals surface area contributed by atoms with Crippen molar-refractivity contribution in [3.63, 3.8) is 0 Å². The van der Waals surface area contributed by atoms with Gasteiger partial charge in [-0.05, 0) is 12.5 Å². The van der Waals surface area contributed by atoms with E-state index in [1.165, 1.54) is 0 Å². The van der Waals surface area contributed by atoms with Crippen LogP contribution in [0.25, 0.3) is 0 Å². The van der Waals surface area contributed by atoms with E-state index >= 15 is 0 Å². The van der Waals surface area contributed by atoms with Crippen LogP contribution in [0, 0.1) is 0 Å². The van der Waals surface area contributed by atoms with Gasteiger partial charge >= 0.3 is 0 Å². The van der Waals surface area contributed by atoms with Gasteiger partial charge in [0.2, 0.25) is 0 Å². The van der Waals surface area contributed by atoms with Gasteiger partial charge in [0.05, 0.1) is 18.9 Å². The molecule has 0 bridgehead atoms. The Hall–Kier alpha value is -2.04. The predicted molar refractivity (Wildman–Crippen MR) is 68.7 cm³/mol. The van der Waals surface area contributed by atoms with Crippen LogP contribution in [0.5, 0.6) is 5.75 Å². The van der Waals surface area contributed by atoms with Gasteiger partial charge in [-0.15, -0.1) is 0 Å². The zero-order valence-electron chi connectivity index (χ0n) is 10.5. The van der Waals surface area contributed by atoms with Crippen LogP contribution >= 0.6 is 0 Å². The Labute approximate surface area is 106 Å². The van der Waals surface area contributed by atoms with Crippen LogP contribution in [0.2, 0.25) is 0 Å². The number of aryl methyl sites for hydroxylation is 1. The highest BCUT2D eigenvalue weighted by atomic mass is 16.5. The van der Waals surface area contributed by atoms with E-state index in [2.05, 4.69) is 12.0 Å². The van der Waals surface area contributed by atoms with Crippen LogP contribution in [0.3, 0.4) is 0 Å². The summed E-state index contributed by atoms with van der Waals surface area (Å²) in [6.07, 6.45) is 6.37. The van der Waals surface area contributed by atoms with E-state index in [-0.39, 0.29) is 5.56 Å². The van der Waals surface area contributed by atoms with E-state index in [4.69, 9.17) is 4.74 Å². The fourth-order valence-corrected chi connectivity index (χ4v) is 1.68. The zero-order chi connectivity index (χ0) is 12.8. The Morgan fingerprint density at radius 1 is 1.33 bits per heavy atom. The molecule has 0 saturated carbocycles. The van der Waals surface area contributed by atoms with Gasteiger partial charge in [-0.3, -0.25) is 9.48 Å². The number of rotatable bonds is 6. The van der Waals surface area contributed by atoms with Gasteiger partial charge in [-0.2, -0.15) is 5.10 Å². The first-order valence-corrected chi connectivity index (χ1v) is 6.10. The van der Waals surface area contributed by atoms with E-state index < -0.39 is 0 Å². The van der Waals surface area contributed by atoms with Gasteiger partial charge in [-0.1, -0.05) is 13.0 Å². The third-order valence-electron chi connectivity index (χ3n) is 2.56. The largest absolute Gasteiger partial charge is 0.488 e. The molecule has 5 heteroatoms. The van der Waals surface area contributed by atoms with Crippen LogP contribution in [0.15, 0.2) is 41.6 Å². The van der Waals surface area contributed by atoms with Crippen LogP contribution in [-0.2, 0) is 13.1 Å². The maximum atomic E-state index is 11.4. The molecular weight excluding hydrogens is 230 g/mol. The number of hydrogen-bond acceptors (Lipinski definition) is 3. The van der Waals surface area contributed by atoms with Crippen molar-refractivity contribution in [3.8, 4) is 5.75 Å². The highest BCUT2D eigenvalue weighted by Crippen LogP contribution is 2.08. The van der Waals surface area contributed by atoms with Crippen LogP contribution in [0.4, 0.5) is 0 Å². The average Bonchev–Trinajstić information content (AvgIpc) is 2.80. The molecule has 5 nitrogen and oxygen atoms in total. The number of nitrogens with zero attached hydrogens (tertiary/aromatic N) is 3. The Bertz CT molecular complexity index is 545. The fourth-order valence-electron chi connectivity index (χ4n) is 1.68. The molecule has 2 rings (SSSR count). The molecule has 0 aliphatic rings. The monoisotopic (exact) mass is 247 g/mol. The van der Waals surface area contributed by atoms with E-state index in [1.54, 1.807) is 29.1 Å². The van der Waals surface area contributed by atoms with Crippen LogP contribution in [0.1, 0.15) is 13.3 Å². The van der Waals surface area contributed by atoms with Crippen molar-refractivity contribution in [2.45, 2.75) is 26.4 Å². The summed E-state index contributed by atoms with van der Waals surface area (Å²) < 4.78 is 9.02. The van der Waals surface area contributed by atoms with Crippen molar-refractivity contribution >= 4 is 0 Å². The lowest BCUT2D eigenvalue weighted by atomic mass is 10.4. The standard InChI is InChI=1S/C13H17N3O2/c1-2-6-16-11-12(10-14-16)18-9-8-15-7-4-3-5-13(15)17/h3-5,7,10-11H,2,6,8-9H2,1H3. The van der Waals surface area contributed by atoms with Gasteiger partial charge in [-0.25, -0.2) is 0 Å². The third kappa shape index (κ3) is 3.23. The Morgan fingerprint density at radius 2 is 2.22 bits per heavy atom. The summed E-state index contributed by atoms with van der Waals surface area (Å²) in [7, 11) is 0. The number of hydrogen-bond donors (Lipinski definition) is 0. The van der Waals surface area contributed by atoms with E-state index in [0.717, 1.165) is 18.7 Å². The first-order valence-electron chi connectivity index (χ1n) is 6.10. The summed E-state index contributed by atoms with van der Waals surface area (Å²) in [6, 6.07) is 5.11. The quantitative estimate of drug-likeness (QED) is 0.778. The smallest absolute Gasteiger partial charge is 0.250 e. The van der Waals surface area contributed by atoms with E-state index in [1.807, 2.05) is 16.9 Å². The Kier molecular flexibility index (Phi) is 4.17. The molecule has 18 heavy (non-hydrogen) atoms. The molecule has 0 fully saturated rings. The molecule has 0 amide bonds. The van der Waals surface area contributed by atoms with Crippen LogP contribution < -0.4 is 10.3 Å². The molecule has 0 atom stereocenters. The molecule has 96 valence electrons. The summed E-state index contributed by atoms with van der Waals surface area (Å²) >= 11 is 0. The molecule has 0 unspecified atom stereocenters. The van der Waals surface area contributed by atoms with Crippen molar-refractivity contribution in [2.75, 3.05) is 6.61 Å². The SMILES string of the molecule is CCCn1cc(OCCn2ccccc2=O)cn1. The molecule has 0 saturated heterocycles. The molecule has 0 spiro atoms. The Balaban J connectivity index is 1.85. The van der Waals surface area contributed by atoms with Crippen molar-refractivity contribution in [2.24, 2.45) is 0 Å². The van der Waals surface area contributed by atoms with Crippen molar-refractivity contribution in [1.82, 2.24) is 14.3 Å². The molecule has 0 N–H and O–H groups in total. The zero-order valence-corrected chi connectivity index (χ0v) is 10.5. The lowest BCUT2D eigenvalue weighted by molar-refractivity contribution is 0.296. The van der Waals surface area contributed by atoms with E-state index in [0.29, 0.717) is 13.2 Å². The normalized spacial score (nSPS) is 10.5. The first kappa shape index (κ1) is 12.4. The number of aromatic nitrogens is 3. The van der Waals surface area contributed by atoms with Crippen molar-refractivity contribution in [3.05, 3.63) is 47.1 Å². The molecule has 2 aromatic rings. The minimum absolute atomic E-state index is 0.0113. The molecule has 2 heterocycles. The summed E-state index contributed by atoms with van der Waals surface area (Å²) in [5, 5.41) is 4.17.